The average Bonchev–Trinajstić information content (AvgIpc) is 2.57. The average molecular weight is 345 g/mol. The highest BCUT2D eigenvalue weighted by Crippen LogP contribution is 2.25. The molecule has 2 rings (SSSR count). The number of halogens is 1. The number of aryl methyl sites for hydroxylation is 2. The summed E-state index contributed by atoms with van der Waals surface area (Å²) in [5.74, 6) is -1.28. The zero-order valence-electron chi connectivity index (χ0n) is 14.6. The number of hydrogen-bond acceptors (Lipinski definition) is 4. The fraction of sp³-hybridized carbons (Fsp3) is 0.263. The van der Waals surface area contributed by atoms with Crippen molar-refractivity contribution in [2.75, 3.05) is 12.4 Å². The summed E-state index contributed by atoms with van der Waals surface area (Å²) in [5, 5.41) is 2.66. The quantitative estimate of drug-likeness (QED) is 0.841. The third-order valence-corrected chi connectivity index (χ3v) is 3.67. The molecule has 2 aromatic rings. The van der Waals surface area contributed by atoms with Crippen molar-refractivity contribution in [3.05, 3.63) is 58.9 Å². The first-order chi connectivity index (χ1) is 11.8. The molecule has 0 bridgehead atoms. The lowest BCUT2D eigenvalue weighted by Crippen LogP contribution is -2.30. The first-order valence-electron chi connectivity index (χ1n) is 7.74. The molecule has 0 unspecified atom stereocenters. The molecule has 0 saturated carbocycles. The molecule has 0 aliphatic rings. The topological polar surface area (TPSA) is 64.6 Å². The summed E-state index contributed by atoms with van der Waals surface area (Å²) < 4.78 is 23.8. The Morgan fingerprint density at radius 3 is 2.48 bits per heavy atom. The number of ether oxygens (including phenoxy) is 2. The maximum absolute atomic E-state index is 13.5. The molecule has 0 saturated heterocycles. The number of methoxy groups -OCH3 is 1. The lowest BCUT2D eigenvalue weighted by atomic mass is 10.1. The lowest BCUT2D eigenvalue weighted by Gasteiger charge is -2.15. The van der Waals surface area contributed by atoms with E-state index in [1.165, 1.54) is 26.2 Å². The predicted octanol–water partition coefficient (Wildman–Crippen LogP) is 3.64. The summed E-state index contributed by atoms with van der Waals surface area (Å²) >= 11 is 0. The van der Waals surface area contributed by atoms with Crippen LogP contribution in [-0.2, 0) is 9.53 Å². The maximum atomic E-state index is 13.5. The molecule has 0 heterocycles. The first-order valence-corrected chi connectivity index (χ1v) is 7.74. The lowest BCUT2D eigenvalue weighted by molar-refractivity contribution is -0.123. The van der Waals surface area contributed by atoms with Gasteiger partial charge in [0.2, 0.25) is 0 Å². The highest BCUT2D eigenvalue weighted by atomic mass is 19.1. The minimum atomic E-state index is -1.05. The summed E-state index contributed by atoms with van der Waals surface area (Å²) in [5.41, 5.74) is 1.90. The summed E-state index contributed by atoms with van der Waals surface area (Å²) in [6.45, 7) is 4.92. The maximum Gasteiger partial charge on any atom is 0.339 e. The number of rotatable bonds is 5. The second-order valence-electron chi connectivity index (χ2n) is 5.70. The van der Waals surface area contributed by atoms with Crippen molar-refractivity contribution < 1.29 is 23.5 Å². The number of carbonyl (C=O) groups excluding carboxylic acids is 2. The highest BCUT2D eigenvalue weighted by Gasteiger charge is 2.20. The highest BCUT2D eigenvalue weighted by molar-refractivity contribution is 5.98. The van der Waals surface area contributed by atoms with Crippen LogP contribution in [0.1, 0.15) is 28.4 Å². The molecule has 132 valence electrons. The molecule has 2 aromatic carbocycles. The number of anilines is 1. The third-order valence-electron chi connectivity index (χ3n) is 3.67. The van der Waals surface area contributed by atoms with E-state index in [0.29, 0.717) is 17.0 Å². The van der Waals surface area contributed by atoms with Crippen LogP contribution in [-0.4, -0.2) is 25.1 Å². The Balaban J connectivity index is 2.06. The van der Waals surface area contributed by atoms with Gasteiger partial charge in [-0.15, -0.1) is 0 Å². The Kier molecular flexibility index (Phi) is 5.75. The van der Waals surface area contributed by atoms with E-state index in [9.17, 15) is 14.0 Å². The van der Waals surface area contributed by atoms with Crippen molar-refractivity contribution in [3.8, 4) is 5.75 Å². The summed E-state index contributed by atoms with van der Waals surface area (Å²) in [6.07, 6.45) is -1.05. The number of amides is 1. The van der Waals surface area contributed by atoms with E-state index in [-0.39, 0.29) is 5.56 Å². The molecule has 0 radical (unpaired) electrons. The van der Waals surface area contributed by atoms with Gasteiger partial charge in [0.15, 0.2) is 6.10 Å². The molecule has 0 aromatic heterocycles. The molecule has 1 N–H and O–H groups in total. The second-order valence-corrected chi connectivity index (χ2v) is 5.70. The van der Waals surface area contributed by atoms with E-state index < -0.39 is 23.8 Å². The van der Waals surface area contributed by atoms with E-state index in [4.69, 9.17) is 9.47 Å². The van der Waals surface area contributed by atoms with Gasteiger partial charge in [-0.1, -0.05) is 12.1 Å². The van der Waals surface area contributed by atoms with Crippen molar-refractivity contribution in [2.24, 2.45) is 0 Å². The van der Waals surface area contributed by atoms with Gasteiger partial charge in [-0.3, -0.25) is 4.79 Å². The van der Waals surface area contributed by atoms with E-state index in [0.717, 1.165) is 11.6 Å². The van der Waals surface area contributed by atoms with Crippen LogP contribution in [0.25, 0.3) is 0 Å². The molecule has 0 aliphatic carbocycles. The fourth-order valence-corrected chi connectivity index (χ4v) is 2.16. The zero-order chi connectivity index (χ0) is 18.6. The minimum Gasteiger partial charge on any atom is -0.495 e. The molecule has 25 heavy (non-hydrogen) atoms. The van der Waals surface area contributed by atoms with Gasteiger partial charge in [0.25, 0.3) is 5.91 Å². The fourth-order valence-electron chi connectivity index (χ4n) is 2.16. The van der Waals surface area contributed by atoms with Gasteiger partial charge in [0, 0.05) is 0 Å². The van der Waals surface area contributed by atoms with Gasteiger partial charge < -0.3 is 14.8 Å². The van der Waals surface area contributed by atoms with Crippen molar-refractivity contribution in [2.45, 2.75) is 26.9 Å². The van der Waals surface area contributed by atoms with E-state index in [1.807, 2.05) is 13.0 Å². The van der Waals surface area contributed by atoms with E-state index in [1.54, 1.807) is 19.1 Å². The Morgan fingerprint density at radius 1 is 1.12 bits per heavy atom. The number of hydrogen-bond donors (Lipinski definition) is 1. The number of esters is 1. The smallest absolute Gasteiger partial charge is 0.339 e. The van der Waals surface area contributed by atoms with Crippen molar-refractivity contribution in [1.82, 2.24) is 0 Å². The molecular formula is C19H20FNO4. The normalized spacial score (nSPS) is 11.6. The van der Waals surface area contributed by atoms with E-state index in [2.05, 4.69) is 5.32 Å². The number of nitrogens with one attached hydrogen (secondary N) is 1. The number of benzene rings is 2. The zero-order valence-corrected chi connectivity index (χ0v) is 14.6. The largest absolute Gasteiger partial charge is 0.495 e. The molecule has 1 amide bonds. The molecule has 6 heteroatoms. The van der Waals surface area contributed by atoms with Crippen LogP contribution in [0.3, 0.4) is 0 Å². The predicted molar refractivity (Wildman–Crippen MR) is 92.4 cm³/mol. The Hall–Kier alpha value is -2.89. The standard InChI is InChI=1S/C19H20FNO4/c1-11-5-8-17(24-4)16(9-11)21-18(22)13(3)25-19(23)14-7-6-12(2)15(20)10-14/h5-10,13H,1-4H3,(H,21,22)/t13-/m1/s1. The van der Waals surface area contributed by atoms with Crippen molar-refractivity contribution in [1.29, 1.82) is 0 Å². The van der Waals surface area contributed by atoms with Gasteiger partial charge in [0.1, 0.15) is 11.6 Å². The van der Waals surface area contributed by atoms with Crippen LogP contribution >= 0.6 is 0 Å². The van der Waals surface area contributed by atoms with Gasteiger partial charge >= 0.3 is 5.97 Å². The number of carbonyl (C=O) groups is 2. The molecule has 0 spiro atoms. The van der Waals surface area contributed by atoms with Crippen molar-refractivity contribution in [3.63, 3.8) is 0 Å². The van der Waals surface area contributed by atoms with Crippen LogP contribution in [0.5, 0.6) is 5.75 Å². The molecule has 5 nitrogen and oxygen atoms in total. The molecule has 1 atom stereocenters. The van der Waals surface area contributed by atoms with Crippen LogP contribution in [0.15, 0.2) is 36.4 Å². The Labute approximate surface area is 145 Å². The monoisotopic (exact) mass is 345 g/mol. The summed E-state index contributed by atoms with van der Waals surface area (Å²) in [6, 6.07) is 9.36. The van der Waals surface area contributed by atoms with Crippen LogP contribution in [0, 0.1) is 19.7 Å². The van der Waals surface area contributed by atoms with Crippen LogP contribution < -0.4 is 10.1 Å². The molecule has 0 fully saturated rings. The first kappa shape index (κ1) is 18.4. The van der Waals surface area contributed by atoms with Crippen LogP contribution in [0.2, 0.25) is 0 Å². The van der Waals surface area contributed by atoms with Gasteiger partial charge in [-0.05, 0) is 56.2 Å². The second kappa shape index (κ2) is 7.79. The minimum absolute atomic E-state index is 0.0517. The summed E-state index contributed by atoms with van der Waals surface area (Å²) in [7, 11) is 1.50. The molecule has 0 aliphatic heterocycles. The van der Waals surface area contributed by atoms with Gasteiger partial charge in [0.05, 0.1) is 18.4 Å². The van der Waals surface area contributed by atoms with Gasteiger partial charge in [-0.25, -0.2) is 9.18 Å². The molecular weight excluding hydrogens is 325 g/mol. The Morgan fingerprint density at radius 2 is 1.84 bits per heavy atom. The van der Waals surface area contributed by atoms with Crippen molar-refractivity contribution >= 4 is 17.6 Å². The Bertz CT molecular complexity index is 804. The van der Waals surface area contributed by atoms with Crippen LogP contribution in [0.4, 0.5) is 10.1 Å². The van der Waals surface area contributed by atoms with Gasteiger partial charge in [-0.2, -0.15) is 0 Å². The van der Waals surface area contributed by atoms with E-state index >= 15 is 0 Å². The third kappa shape index (κ3) is 4.56. The summed E-state index contributed by atoms with van der Waals surface area (Å²) in [4.78, 5) is 24.3. The SMILES string of the molecule is COc1ccc(C)cc1NC(=O)[C@@H](C)OC(=O)c1ccc(C)c(F)c1.